The monoisotopic (exact) mass is 307 g/mol. The van der Waals surface area contributed by atoms with Gasteiger partial charge >= 0.3 is 0 Å². The predicted octanol–water partition coefficient (Wildman–Crippen LogP) is 3.54. The summed E-state index contributed by atoms with van der Waals surface area (Å²) in [6.45, 7) is 9.03. The summed E-state index contributed by atoms with van der Waals surface area (Å²) in [7, 11) is 0. The molecule has 0 bridgehead atoms. The molecular formula is C17H29N3S. The zero-order valence-electron chi connectivity index (χ0n) is 13.7. The zero-order valence-corrected chi connectivity index (χ0v) is 14.5. The van der Waals surface area contributed by atoms with Gasteiger partial charge in [-0.1, -0.05) is 20.8 Å². The Labute approximate surface area is 133 Å². The molecule has 0 radical (unpaired) electrons. The molecule has 21 heavy (non-hydrogen) atoms. The molecule has 0 amide bonds. The molecule has 2 aliphatic heterocycles. The summed E-state index contributed by atoms with van der Waals surface area (Å²) < 4.78 is 2.41. The SMILES string of the molecule is CC(C)(C)c1cn2c(n1)C(CNC1CCSCC1)CCC2. The smallest absolute Gasteiger partial charge is 0.113 e. The van der Waals surface area contributed by atoms with Gasteiger partial charge in [-0.05, 0) is 37.2 Å². The van der Waals surface area contributed by atoms with Gasteiger partial charge in [0.15, 0.2) is 0 Å². The van der Waals surface area contributed by atoms with E-state index in [1.54, 1.807) is 0 Å². The molecule has 4 heteroatoms. The zero-order chi connectivity index (χ0) is 14.9. The molecule has 3 heterocycles. The van der Waals surface area contributed by atoms with Gasteiger partial charge in [0.25, 0.3) is 0 Å². The van der Waals surface area contributed by atoms with E-state index in [0.29, 0.717) is 5.92 Å². The molecule has 3 nitrogen and oxygen atoms in total. The Hall–Kier alpha value is -0.480. The summed E-state index contributed by atoms with van der Waals surface area (Å²) in [5.74, 6) is 4.57. The molecule has 1 unspecified atom stereocenters. The van der Waals surface area contributed by atoms with Crippen LogP contribution in [0.3, 0.4) is 0 Å². The van der Waals surface area contributed by atoms with Crippen LogP contribution in [0.2, 0.25) is 0 Å². The van der Waals surface area contributed by atoms with Crippen molar-refractivity contribution in [3.63, 3.8) is 0 Å². The second-order valence-corrected chi connectivity index (χ2v) is 8.79. The van der Waals surface area contributed by atoms with Gasteiger partial charge < -0.3 is 9.88 Å². The molecule has 0 saturated carbocycles. The van der Waals surface area contributed by atoms with Gasteiger partial charge in [0.2, 0.25) is 0 Å². The van der Waals surface area contributed by atoms with Gasteiger partial charge in [0.05, 0.1) is 5.69 Å². The average molecular weight is 308 g/mol. The molecule has 1 saturated heterocycles. The molecule has 1 N–H and O–H groups in total. The lowest BCUT2D eigenvalue weighted by Gasteiger charge is -2.28. The highest BCUT2D eigenvalue weighted by Gasteiger charge is 2.27. The summed E-state index contributed by atoms with van der Waals surface area (Å²) in [5, 5.41) is 3.81. The highest BCUT2D eigenvalue weighted by atomic mass is 32.2. The second kappa shape index (κ2) is 6.33. The maximum atomic E-state index is 4.99. The third-order valence-electron chi connectivity index (χ3n) is 4.77. The molecule has 1 aromatic rings. The maximum absolute atomic E-state index is 4.99. The normalized spacial score (nSPS) is 24.0. The van der Waals surface area contributed by atoms with Gasteiger partial charge in [-0.3, -0.25) is 0 Å². The van der Waals surface area contributed by atoms with E-state index in [9.17, 15) is 0 Å². The molecule has 0 aromatic carbocycles. The number of aryl methyl sites for hydroxylation is 1. The lowest BCUT2D eigenvalue weighted by molar-refractivity contribution is 0.390. The predicted molar refractivity (Wildman–Crippen MR) is 91.3 cm³/mol. The van der Waals surface area contributed by atoms with E-state index in [0.717, 1.165) is 19.1 Å². The lowest BCUT2D eigenvalue weighted by Crippen LogP contribution is -2.36. The van der Waals surface area contributed by atoms with Crippen LogP contribution in [0.4, 0.5) is 0 Å². The highest BCUT2D eigenvalue weighted by molar-refractivity contribution is 7.99. The first kappa shape index (κ1) is 15.4. The molecule has 118 valence electrons. The van der Waals surface area contributed by atoms with Gasteiger partial charge in [-0.25, -0.2) is 4.98 Å². The number of imidazole rings is 1. The Morgan fingerprint density at radius 2 is 2.05 bits per heavy atom. The molecule has 1 fully saturated rings. The molecule has 0 aliphatic carbocycles. The number of aromatic nitrogens is 2. The van der Waals surface area contributed by atoms with Crippen molar-refractivity contribution in [2.24, 2.45) is 0 Å². The Morgan fingerprint density at radius 3 is 2.76 bits per heavy atom. The molecular weight excluding hydrogens is 278 g/mol. The van der Waals surface area contributed by atoms with Crippen LogP contribution in [0.25, 0.3) is 0 Å². The van der Waals surface area contributed by atoms with E-state index < -0.39 is 0 Å². The standard InChI is InChI=1S/C17H29N3S/c1-17(2,3)15-12-20-8-4-5-13(16(20)19-15)11-18-14-6-9-21-10-7-14/h12-14,18H,4-11H2,1-3H3. The molecule has 1 atom stereocenters. The molecule has 3 rings (SSSR count). The Balaban J connectivity index is 1.66. The van der Waals surface area contributed by atoms with Crippen molar-refractivity contribution in [2.45, 2.75) is 70.4 Å². The minimum Gasteiger partial charge on any atom is -0.334 e. The van der Waals surface area contributed by atoms with E-state index in [1.807, 2.05) is 0 Å². The Kier molecular flexibility index (Phi) is 4.65. The number of hydrogen-bond acceptors (Lipinski definition) is 3. The number of nitrogens with zero attached hydrogens (tertiary/aromatic N) is 2. The van der Waals surface area contributed by atoms with E-state index in [-0.39, 0.29) is 5.41 Å². The van der Waals surface area contributed by atoms with Crippen LogP contribution in [0.15, 0.2) is 6.20 Å². The third kappa shape index (κ3) is 3.65. The van der Waals surface area contributed by atoms with Crippen molar-refractivity contribution in [3.05, 3.63) is 17.7 Å². The number of rotatable bonds is 3. The number of hydrogen-bond donors (Lipinski definition) is 1. The first-order valence-electron chi connectivity index (χ1n) is 8.43. The van der Waals surface area contributed by atoms with Crippen molar-refractivity contribution in [1.82, 2.24) is 14.9 Å². The van der Waals surface area contributed by atoms with Crippen LogP contribution in [0.1, 0.15) is 63.9 Å². The minimum absolute atomic E-state index is 0.156. The van der Waals surface area contributed by atoms with Crippen molar-refractivity contribution in [3.8, 4) is 0 Å². The quantitative estimate of drug-likeness (QED) is 0.926. The van der Waals surface area contributed by atoms with Gasteiger partial charge in [-0.2, -0.15) is 11.8 Å². The van der Waals surface area contributed by atoms with Gasteiger partial charge in [-0.15, -0.1) is 0 Å². The van der Waals surface area contributed by atoms with E-state index in [2.05, 4.69) is 48.6 Å². The van der Waals surface area contributed by atoms with Crippen molar-refractivity contribution in [2.75, 3.05) is 18.1 Å². The number of nitrogens with one attached hydrogen (secondary N) is 1. The van der Waals surface area contributed by atoms with Crippen LogP contribution in [0.5, 0.6) is 0 Å². The van der Waals surface area contributed by atoms with Crippen LogP contribution in [0, 0.1) is 0 Å². The Morgan fingerprint density at radius 1 is 1.29 bits per heavy atom. The van der Waals surface area contributed by atoms with Crippen LogP contribution in [-0.4, -0.2) is 33.6 Å². The second-order valence-electron chi connectivity index (χ2n) is 7.56. The van der Waals surface area contributed by atoms with Crippen LogP contribution >= 0.6 is 11.8 Å². The van der Waals surface area contributed by atoms with Gasteiger partial charge in [0.1, 0.15) is 5.82 Å². The summed E-state index contributed by atoms with van der Waals surface area (Å²) in [5.41, 5.74) is 1.40. The summed E-state index contributed by atoms with van der Waals surface area (Å²) in [4.78, 5) is 4.99. The number of fused-ring (bicyclic) bond motifs is 1. The molecule has 1 aromatic heterocycles. The topological polar surface area (TPSA) is 29.9 Å². The van der Waals surface area contributed by atoms with Gasteiger partial charge in [0, 0.05) is 36.7 Å². The Bertz CT molecular complexity index is 469. The van der Waals surface area contributed by atoms with Crippen molar-refractivity contribution < 1.29 is 0 Å². The molecule has 0 spiro atoms. The van der Waals surface area contributed by atoms with Crippen LogP contribution in [-0.2, 0) is 12.0 Å². The fourth-order valence-electron chi connectivity index (χ4n) is 3.34. The fraction of sp³-hybridized carbons (Fsp3) is 0.824. The van der Waals surface area contributed by atoms with E-state index in [1.165, 1.54) is 48.7 Å². The first-order valence-corrected chi connectivity index (χ1v) is 9.58. The fourth-order valence-corrected chi connectivity index (χ4v) is 4.44. The lowest BCUT2D eigenvalue weighted by atomic mass is 9.93. The van der Waals surface area contributed by atoms with Crippen molar-refractivity contribution in [1.29, 1.82) is 0 Å². The summed E-state index contributed by atoms with van der Waals surface area (Å²) >= 11 is 2.10. The van der Waals surface area contributed by atoms with E-state index >= 15 is 0 Å². The minimum atomic E-state index is 0.156. The molecule has 2 aliphatic rings. The highest BCUT2D eigenvalue weighted by Crippen LogP contribution is 2.30. The largest absolute Gasteiger partial charge is 0.334 e. The summed E-state index contributed by atoms with van der Waals surface area (Å²) in [6, 6.07) is 0.735. The first-order chi connectivity index (χ1) is 10.0. The third-order valence-corrected chi connectivity index (χ3v) is 5.82. The summed E-state index contributed by atoms with van der Waals surface area (Å²) in [6.07, 6.45) is 7.53. The maximum Gasteiger partial charge on any atom is 0.113 e. The van der Waals surface area contributed by atoms with E-state index in [4.69, 9.17) is 4.98 Å². The average Bonchev–Trinajstić information content (AvgIpc) is 2.91. The number of thioether (sulfide) groups is 1. The van der Waals surface area contributed by atoms with Crippen molar-refractivity contribution >= 4 is 11.8 Å². The van der Waals surface area contributed by atoms with Crippen LogP contribution < -0.4 is 5.32 Å².